The fraction of sp³-hybridized carbons (Fsp3) is 0.400. The molecule has 2 rings (SSSR count). The highest BCUT2D eigenvalue weighted by Crippen LogP contribution is 2.29. The zero-order valence-corrected chi connectivity index (χ0v) is 17.1. The van der Waals surface area contributed by atoms with Gasteiger partial charge in [-0.3, -0.25) is 4.72 Å². The van der Waals surface area contributed by atoms with Crippen LogP contribution in [0.5, 0.6) is 5.75 Å². The number of aryl methyl sites for hydroxylation is 3. The van der Waals surface area contributed by atoms with Crippen molar-refractivity contribution in [3.63, 3.8) is 0 Å². The number of methoxy groups -OCH3 is 1. The summed E-state index contributed by atoms with van der Waals surface area (Å²) in [5.41, 5.74) is 4.82. The summed E-state index contributed by atoms with van der Waals surface area (Å²) in [5.74, 6) is 0.682. The molecule has 2 aromatic carbocycles. The molecule has 0 saturated carbocycles. The second-order valence-corrected chi connectivity index (χ2v) is 8.13. The predicted molar refractivity (Wildman–Crippen MR) is 105 cm³/mol. The van der Waals surface area contributed by atoms with Crippen LogP contribution in [0.15, 0.2) is 29.2 Å². The average Bonchev–Trinajstić information content (AvgIpc) is 2.55. The lowest BCUT2D eigenvalue weighted by Gasteiger charge is -2.18. The lowest BCUT2D eigenvalue weighted by molar-refractivity contribution is 0.146. The van der Waals surface area contributed by atoms with E-state index in [0.29, 0.717) is 29.5 Å². The summed E-state index contributed by atoms with van der Waals surface area (Å²) in [6.07, 6.45) is 0. The lowest BCUT2D eigenvalue weighted by Crippen LogP contribution is -2.17. The largest absolute Gasteiger partial charge is 0.491 e. The fourth-order valence-corrected chi connectivity index (χ4v) is 4.61. The number of rotatable bonds is 7. The Morgan fingerprint density at radius 1 is 0.885 bits per heavy atom. The molecule has 2 aromatic rings. The summed E-state index contributed by atoms with van der Waals surface area (Å²) in [4.78, 5) is 0.356. The molecule has 0 aliphatic heterocycles. The molecule has 0 spiro atoms. The second-order valence-electron chi connectivity index (χ2n) is 6.51. The van der Waals surface area contributed by atoms with E-state index in [-0.39, 0.29) is 0 Å². The Bertz CT molecular complexity index is 878. The van der Waals surface area contributed by atoms with E-state index in [1.807, 2.05) is 46.8 Å². The fourth-order valence-electron chi connectivity index (χ4n) is 2.86. The van der Waals surface area contributed by atoms with Crippen molar-refractivity contribution in [2.45, 2.75) is 39.5 Å². The molecule has 0 radical (unpaired) electrons. The van der Waals surface area contributed by atoms with E-state index in [1.165, 1.54) is 0 Å². The highest BCUT2D eigenvalue weighted by molar-refractivity contribution is 7.92. The van der Waals surface area contributed by atoms with Crippen molar-refractivity contribution in [3.8, 4) is 5.75 Å². The average molecular weight is 378 g/mol. The third kappa shape index (κ3) is 4.37. The van der Waals surface area contributed by atoms with Gasteiger partial charge in [0, 0.05) is 7.11 Å². The normalized spacial score (nSPS) is 11.5. The van der Waals surface area contributed by atoms with Gasteiger partial charge in [0.05, 0.1) is 17.2 Å². The van der Waals surface area contributed by atoms with Crippen LogP contribution in [0.25, 0.3) is 0 Å². The Morgan fingerprint density at radius 3 is 2.04 bits per heavy atom. The molecule has 0 heterocycles. The predicted octanol–water partition coefficient (Wildman–Crippen LogP) is 4.05. The van der Waals surface area contributed by atoms with E-state index >= 15 is 0 Å². The van der Waals surface area contributed by atoms with Gasteiger partial charge in [0.15, 0.2) is 0 Å². The highest BCUT2D eigenvalue weighted by Gasteiger charge is 2.22. The summed E-state index contributed by atoms with van der Waals surface area (Å²) >= 11 is 0. The maximum atomic E-state index is 13.0. The smallest absolute Gasteiger partial charge is 0.262 e. The molecular weight excluding hydrogens is 350 g/mol. The Hall–Kier alpha value is -2.05. The molecular formula is C20H27NO4S. The van der Waals surface area contributed by atoms with Crippen LogP contribution in [0.3, 0.4) is 0 Å². The molecule has 0 aliphatic rings. The van der Waals surface area contributed by atoms with Crippen molar-refractivity contribution in [2.24, 2.45) is 0 Å². The van der Waals surface area contributed by atoms with Gasteiger partial charge in [0.1, 0.15) is 12.4 Å². The Labute approximate surface area is 156 Å². The first-order valence-corrected chi connectivity index (χ1v) is 9.98. The van der Waals surface area contributed by atoms with Crippen molar-refractivity contribution in [1.29, 1.82) is 0 Å². The van der Waals surface area contributed by atoms with Gasteiger partial charge >= 0.3 is 0 Å². The molecule has 26 heavy (non-hydrogen) atoms. The molecule has 0 atom stereocenters. The maximum Gasteiger partial charge on any atom is 0.262 e. The summed E-state index contributed by atoms with van der Waals surface area (Å²) in [6, 6.07) is 7.31. The zero-order chi connectivity index (χ0) is 19.5. The van der Waals surface area contributed by atoms with E-state index in [2.05, 4.69) is 4.72 Å². The van der Waals surface area contributed by atoms with Gasteiger partial charge in [-0.25, -0.2) is 8.42 Å². The molecule has 0 bridgehead atoms. The minimum atomic E-state index is -3.69. The van der Waals surface area contributed by atoms with Gasteiger partial charge in [0.25, 0.3) is 10.0 Å². The van der Waals surface area contributed by atoms with Crippen molar-refractivity contribution >= 4 is 15.7 Å². The number of nitrogens with one attached hydrogen (secondary N) is 1. The number of sulfonamides is 1. The number of hydrogen-bond donors (Lipinski definition) is 1. The summed E-state index contributed by atoms with van der Waals surface area (Å²) in [5, 5.41) is 0. The van der Waals surface area contributed by atoms with Crippen LogP contribution in [-0.2, 0) is 14.8 Å². The SMILES string of the molecule is COCCOc1ccc(NS(=O)(=O)c2c(C)c(C)cc(C)c2C)c(C)c1. The third-order valence-corrected chi connectivity index (χ3v) is 6.20. The van der Waals surface area contributed by atoms with Crippen LogP contribution in [0.2, 0.25) is 0 Å². The van der Waals surface area contributed by atoms with Crippen LogP contribution in [0.4, 0.5) is 5.69 Å². The highest BCUT2D eigenvalue weighted by atomic mass is 32.2. The van der Waals surface area contributed by atoms with Gasteiger partial charge < -0.3 is 9.47 Å². The topological polar surface area (TPSA) is 64.6 Å². The Morgan fingerprint density at radius 2 is 1.50 bits per heavy atom. The molecule has 142 valence electrons. The number of ether oxygens (including phenoxy) is 2. The van der Waals surface area contributed by atoms with Crippen molar-refractivity contribution in [1.82, 2.24) is 0 Å². The molecule has 1 N–H and O–H groups in total. The van der Waals surface area contributed by atoms with Crippen LogP contribution in [-0.4, -0.2) is 28.7 Å². The minimum absolute atomic E-state index is 0.356. The monoisotopic (exact) mass is 377 g/mol. The second kappa shape index (κ2) is 8.10. The van der Waals surface area contributed by atoms with E-state index in [0.717, 1.165) is 27.8 Å². The number of hydrogen-bond acceptors (Lipinski definition) is 4. The first kappa shape index (κ1) is 20.3. The molecule has 6 heteroatoms. The maximum absolute atomic E-state index is 13.0. The molecule has 0 aromatic heterocycles. The Balaban J connectivity index is 2.33. The van der Waals surface area contributed by atoms with E-state index in [9.17, 15) is 8.42 Å². The lowest BCUT2D eigenvalue weighted by atomic mass is 10.0. The Kier molecular flexibility index (Phi) is 6.31. The zero-order valence-electron chi connectivity index (χ0n) is 16.3. The van der Waals surface area contributed by atoms with Gasteiger partial charge in [-0.2, -0.15) is 0 Å². The van der Waals surface area contributed by atoms with Gasteiger partial charge in [-0.15, -0.1) is 0 Å². The van der Waals surface area contributed by atoms with Crippen molar-refractivity contribution in [2.75, 3.05) is 25.0 Å². The van der Waals surface area contributed by atoms with E-state index in [4.69, 9.17) is 9.47 Å². The van der Waals surface area contributed by atoms with Crippen molar-refractivity contribution < 1.29 is 17.9 Å². The molecule has 5 nitrogen and oxygen atoms in total. The van der Waals surface area contributed by atoms with Crippen LogP contribution < -0.4 is 9.46 Å². The quantitative estimate of drug-likeness (QED) is 0.739. The number of benzene rings is 2. The van der Waals surface area contributed by atoms with Crippen LogP contribution in [0.1, 0.15) is 27.8 Å². The van der Waals surface area contributed by atoms with Crippen LogP contribution in [0, 0.1) is 34.6 Å². The summed E-state index contributed by atoms with van der Waals surface area (Å²) < 4.78 is 39.3. The molecule has 0 fully saturated rings. The molecule has 0 saturated heterocycles. The van der Waals surface area contributed by atoms with E-state index < -0.39 is 10.0 Å². The van der Waals surface area contributed by atoms with Gasteiger partial charge in [0.2, 0.25) is 0 Å². The van der Waals surface area contributed by atoms with Crippen LogP contribution >= 0.6 is 0 Å². The van der Waals surface area contributed by atoms with Gasteiger partial charge in [-0.05, 0) is 80.6 Å². The van der Waals surface area contributed by atoms with Crippen molar-refractivity contribution in [3.05, 3.63) is 52.1 Å². The number of anilines is 1. The third-order valence-electron chi connectivity index (χ3n) is 4.56. The summed E-state index contributed by atoms with van der Waals surface area (Å²) in [7, 11) is -2.07. The standard InChI is InChI=1S/C20H27NO4S/c1-13-11-14(2)17(5)20(16(13)4)26(22,23)21-19-8-7-18(12-15(19)3)25-10-9-24-6/h7-8,11-12,21H,9-10H2,1-6H3. The first-order chi connectivity index (χ1) is 12.2. The molecule has 0 amide bonds. The molecule has 0 aliphatic carbocycles. The minimum Gasteiger partial charge on any atom is -0.491 e. The van der Waals surface area contributed by atoms with E-state index in [1.54, 1.807) is 19.2 Å². The first-order valence-electron chi connectivity index (χ1n) is 8.50. The van der Waals surface area contributed by atoms with Gasteiger partial charge in [-0.1, -0.05) is 6.07 Å². The summed E-state index contributed by atoms with van der Waals surface area (Å²) in [6.45, 7) is 10.3. The molecule has 0 unspecified atom stereocenters.